The van der Waals surface area contributed by atoms with Gasteiger partial charge < -0.3 is 0 Å². The van der Waals surface area contributed by atoms with E-state index in [1.807, 2.05) is 31.5 Å². The van der Waals surface area contributed by atoms with Crippen molar-refractivity contribution in [2.45, 2.75) is 27.2 Å². The summed E-state index contributed by atoms with van der Waals surface area (Å²) < 4.78 is 0. The monoisotopic (exact) mass is 220 g/mol. The molecule has 3 heteroatoms. The zero-order valence-electron chi connectivity index (χ0n) is 9.40. The van der Waals surface area contributed by atoms with Crippen molar-refractivity contribution in [2.24, 2.45) is 0 Å². The summed E-state index contributed by atoms with van der Waals surface area (Å²) in [5.74, 6) is 0. The average molecular weight is 220 g/mol. The molecule has 2 nitrogen and oxygen atoms in total. The van der Waals surface area contributed by atoms with E-state index in [0.29, 0.717) is 0 Å². The summed E-state index contributed by atoms with van der Waals surface area (Å²) in [6.07, 6.45) is 4.75. The largest absolute Gasteiger partial charge is 0.253 e. The van der Waals surface area contributed by atoms with Crippen LogP contribution >= 0.6 is 11.3 Å². The molecule has 0 aliphatic heterocycles. The second kappa shape index (κ2) is 6.30. The Morgan fingerprint density at radius 2 is 2.00 bits per heavy atom. The van der Waals surface area contributed by atoms with Crippen LogP contribution in [0.2, 0.25) is 0 Å². The van der Waals surface area contributed by atoms with Gasteiger partial charge in [-0.2, -0.15) is 0 Å². The van der Waals surface area contributed by atoms with E-state index >= 15 is 0 Å². The first-order valence-electron chi connectivity index (χ1n) is 5.25. The molecule has 2 aromatic rings. The van der Waals surface area contributed by atoms with Gasteiger partial charge in [0.25, 0.3) is 0 Å². The quantitative estimate of drug-likeness (QED) is 0.769. The molecule has 2 aromatic heterocycles. The van der Waals surface area contributed by atoms with Crippen LogP contribution in [0.5, 0.6) is 0 Å². The van der Waals surface area contributed by atoms with Gasteiger partial charge in [0.1, 0.15) is 5.01 Å². The summed E-state index contributed by atoms with van der Waals surface area (Å²) in [5.41, 5.74) is 2.23. The van der Waals surface area contributed by atoms with Gasteiger partial charge in [-0.15, -0.1) is 11.3 Å². The Morgan fingerprint density at radius 3 is 2.47 bits per heavy atom. The molecule has 0 atom stereocenters. The van der Waals surface area contributed by atoms with Crippen LogP contribution in [0.15, 0.2) is 29.9 Å². The SMILES string of the molecule is CC.CCc1ccc(-c2nccs2)nc1. The molecule has 0 amide bonds. The minimum absolute atomic E-state index is 0.965. The predicted molar refractivity (Wildman–Crippen MR) is 66.1 cm³/mol. The maximum atomic E-state index is 4.34. The Hall–Kier alpha value is -1.22. The smallest absolute Gasteiger partial charge is 0.141 e. The number of hydrogen-bond acceptors (Lipinski definition) is 3. The molecule has 0 N–H and O–H groups in total. The van der Waals surface area contributed by atoms with Crippen molar-refractivity contribution >= 4 is 11.3 Å². The summed E-state index contributed by atoms with van der Waals surface area (Å²) >= 11 is 1.62. The highest BCUT2D eigenvalue weighted by atomic mass is 32.1. The summed E-state index contributed by atoms with van der Waals surface area (Å²) in [4.78, 5) is 8.54. The minimum atomic E-state index is 0.965. The highest BCUT2D eigenvalue weighted by molar-refractivity contribution is 7.13. The van der Waals surface area contributed by atoms with E-state index in [1.54, 1.807) is 17.5 Å². The van der Waals surface area contributed by atoms with Gasteiger partial charge in [0.2, 0.25) is 0 Å². The third-order valence-electron chi connectivity index (χ3n) is 1.88. The highest BCUT2D eigenvalue weighted by Gasteiger charge is 2.00. The molecule has 0 bridgehead atoms. The third-order valence-corrected chi connectivity index (χ3v) is 2.68. The van der Waals surface area contributed by atoms with Gasteiger partial charge in [0, 0.05) is 17.8 Å². The maximum absolute atomic E-state index is 4.34. The van der Waals surface area contributed by atoms with E-state index in [0.717, 1.165) is 17.1 Å². The number of rotatable bonds is 2. The molecule has 0 fully saturated rings. The fourth-order valence-corrected chi connectivity index (χ4v) is 1.72. The molecule has 0 spiro atoms. The van der Waals surface area contributed by atoms with E-state index in [1.165, 1.54) is 5.56 Å². The number of aromatic nitrogens is 2. The lowest BCUT2D eigenvalue weighted by atomic mass is 10.2. The topological polar surface area (TPSA) is 25.8 Å². The predicted octanol–water partition coefficient (Wildman–Crippen LogP) is 3.79. The molecule has 0 aromatic carbocycles. The van der Waals surface area contributed by atoms with Crippen LogP contribution in [-0.2, 0) is 6.42 Å². The van der Waals surface area contributed by atoms with Gasteiger partial charge in [-0.3, -0.25) is 4.98 Å². The molecule has 80 valence electrons. The van der Waals surface area contributed by atoms with Crippen LogP contribution in [0.25, 0.3) is 10.7 Å². The van der Waals surface area contributed by atoms with Crippen LogP contribution in [0.4, 0.5) is 0 Å². The van der Waals surface area contributed by atoms with Gasteiger partial charge in [-0.05, 0) is 18.1 Å². The van der Waals surface area contributed by atoms with Crippen LogP contribution < -0.4 is 0 Å². The maximum Gasteiger partial charge on any atom is 0.141 e. The Kier molecular flexibility index (Phi) is 4.98. The van der Waals surface area contributed by atoms with Crippen molar-refractivity contribution in [3.63, 3.8) is 0 Å². The highest BCUT2D eigenvalue weighted by Crippen LogP contribution is 2.18. The summed E-state index contributed by atoms with van der Waals surface area (Å²) in [7, 11) is 0. The average Bonchev–Trinajstić information content (AvgIpc) is 2.85. The van der Waals surface area contributed by atoms with Gasteiger partial charge >= 0.3 is 0 Å². The molecular weight excluding hydrogens is 204 g/mol. The van der Waals surface area contributed by atoms with Crippen LogP contribution in [0.1, 0.15) is 26.3 Å². The van der Waals surface area contributed by atoms with Crippen molar-refractivity contribution in [2.75, 3.05) is 0 Å². The lowest BCUT2D eigenvalue weighted by Crippen LogP contribution is -1.85. The molecule has 0 saturated carbocycles. The third kappa shape index (κ3) is 3.13. The van der Waals surface area contributed by atoms with Gasteiger partial charge in [0.05, 0.1) is 5.69 Å². The molecule has 0 unspecified atom stereocenters. The molecule has 15 heavy (non-hydrogen) atoms. The molecule has 0 radical (unpaired) electrons. The first kappa shape index (κ1) is 11.9. The first-order chi connectivity index (χ1) is 7.40. The Bertz CT molecular complexity index is 365. The van der Waals surface area contributed by atoms with Gasteiger partial charge in [-0.1, -0.05) is 26.8 Å². The molecule has 0 aliphatic carbocycles. The number of hydrogen-bond donors (Lipinski definition) is 0. The summed E-state index contributed by atoms with van der Waals surface area (Å²) in [5, 5.41) is 2.95. The zero-order chi connectivity index (χ0) is 11.1. The molecule has 2 heterocycles. The summed E-state index contributed by atoms with van der Waals surface area (Å²) in [6.45, 7) is 6.13. The lowest BCUT2D eigenvalue weighted by molar-refractivity contribution is 1.10. The number of aryl methyl sites for hydroxylation is 1. The van der Waals surface area contributed by atoms with Crippen LogP contribution in [0, 0.1) is 0 Å². The van der Waals surface area contributed by atoms with Crippen molar-refractivity contribution in [3.8, 4) is 10.7 Å². The Labute approximate surface area is 95.0 Å². The summed E-state index contributed by atoms with van der Waals surface area (Å²) in [6, 6.07) is 4.13. The van der Waals surface area contributed by atoms with Crippen LogP contribution in [-0.4, -0.2) is 9.97 Å². The normalized spacial score (nSPS) is 9.27. The van der Waals surface area contributed by atoms with E-state index in [-0.39, 0.29) is 0 Å². The molecule has 2 rings (SSSR count). The van der Waals surface area contributed by atoms with Crippen LogP contribution in [0.3, 0.4) is 0 Å². The molecule has 0 saturated heterocycles. The number of nitrogens with zero attached hydrogens (tertiary/aromatic N) is 2. The second-order valence-electron chi connectivity index (χ2n) is 2.74. The molecular formula is C12H16N2S. The standard InChI is InChI=1S/C10H10N2S.C2H6/c1-2-8-3-4-9(12-7-8)10-11-5-6-13-10;1-2/h3-7H,2H2,1H3;1-2H3. The number of thiazole rings is 1. The van der Waals surface area contributed by atoms with E-state index in [9.17, 15) is 0 Å². The van der Waals surface area contributed by atoms with Crippen molar-refractivity contribution in [3.05, 3.63) is 35.5 Å². The Morgan fingerprint density at radius 1 is 1.20 bits per heavy atom. The first-order valence-corrected chi connectivity index (χ1v) is 6.13. The molecule has 0 aliphatic rings. The van der Waals surface area contributed by atoms with E-state index in [2.05, 4.69) is 23.0 Å². The van der Waals surface area contributed by atoms with Crippen molar-refractivity contribution < 1.29 is 0 Å². The number of pyridine rings is 1. The minimum Gasteiger partial charge on any atom is -0.253 e. The second-order valence-corrected chi connectivity index (χ2v) is 3.64. The Balaban J connectivity index is 0.000000531. The zero-order valence-corrected chi connectivity index (χ0v) is 10.2. The van der Waals surface area contributed by atoms with Crippen molar-refractivity contribution in [1.29, 1.82) is 0 Å². The van der Waals surface area contributed by atoms with E-state index < -0.39 is 0 Å². The fraction of sp³-hybridized carbons (Fsp3) is 0.333. The van der Waals surface area contributed by atoms with Gasteiger partial charge in [-0.25, -0.2) is 4.98 Å². The fourth-order valence-electron chi connectivity index (χ4n) is 1.11. The lowest BCUT2D eigenvalue weighted by Gasteiger charge is -1.97. The van der Waals surface area contributed by atoms with Gasteiger partial charge in [0.15, 0.2) is 0 Å². The van der Waals surface area contributed by atoms with E-state index in [4.69, 9.17) is 0 Å². The van der Waals surface area contributed by atoms with Crippen molar-refractivity contribution in [1.82, 2.24) is 9.97 Å².